The van der Waals surface area contributed by atoms with Gasteiger partial charge >= 0.3 is 52.1 Å². The van der Waals surface area contributed by atoms with Crippen molar-refractivity contribution in [1.82, 2.24) is 4.57 Å². The van der Waals surface area contributed by atoms with E-state index in [2.05, 4.69) is 54.1 Å². The fraction of sp³-hybridized carbons (Fsp3) is 0.750. The van der Waals surface area contributed by atoms with Crippen LogP contribution in [0.5, 0.6) is 0 Å². The predicted molar refractivity (Wildman–Crippen MR) is 91.2 cm³/mol. The van der Waals surface area contributed by atoms with Crippen LogP contribution < -0.4 is 4.57 Å². The number of nitrogens with zero attached hydrogens (tertiary/aromatic N) is 2. The van der Waals surface area contributed by atoms with Crippen LogP contribution in [0.4, 0.5) is 0 Å². The van der Waals surface area contributed by atoms with Crippen LogP contribution in [-0.4, -0.2) is 18.7 Å². The van der Waals surface area contributed by atoms with Crippen molar-refractivity contribution in [2.24, 2.45) is 7.05 Å². The molecule has 1 heterocycles. The van der Waals surface area contributed by atoms with Crippen molar-refractivity contribution in [2.45, 2.75) is 52.0 Å². The summed E-state index contributed by atoms with van der Waals surface area (Å²) in [5.41, 5.74) is 0. The molecule has 7 heteroatoms. The van der Waals surface area contributed by atoms with E-state index in [0.29, 0.717) is 0 Å². The number of hydrogen-bond acceptors (Lipinski definition) is 0. The standard InChI is InChI=1S/C12H23N2.BrH.3ClH.In/c1-3-4-5-6-7-8-9-14-11-10-13(2)12-14;;;;;/h10-12H,3-9H2,1-2H3;4*1H;/q+1;;;;;+3/p-4. The Balaban J connectivity index is 0.000000555. The van der Waals surface area contributed by atoms with E-state index in [1.807, 2.05) is 0 Å². The average molecular weight is 496 g/mol. The number of unbranched alkanes of at least 4 members (excludes halogenated alkanes) is 5. The zero-order chi connectivity index (χ0) is 14.7. The van der Waals surface area contributed by atoms with Gasteiger partial charge in [-0.05, 0) is 12.8 Å². The van der Waals surface area contributed by atoms with Crippen molar-refractivity contribution in [1.29, 1.82) is 0 Å². The Morgan fingerprint density at radius 2 is 1.63 bits per heavy atom. The molecule has 0 bridgehead atoms. The molecule has 0 unspecified atom stereocenters. The zero-order valence-electron chi connectivity index (χ0n) is 11.7. The van der Waals surface area contributed by atoms with Gasteiger partial charge in [-0.2, -0.15) is 0 Å². The molecule has 112 valence electrons. The first-order chi connectivity index (χ1) is 8.83. The van der Waals surface area contributed by atoms with Crippen LogP contribution in [0.3, 0.4) is 0 Å². The first kappa shape index (κ1) is 20.4. The van der Waals surface area contributed by atoms with E-state index in [1.165, 1.54) is 45.1 Å². The molecule has 0 spiro atoms. The first-order valence-electron chi connectivity index (χ1n) is 6.71. The molecule has 0 saturated heterocycles. The van der Waals surface area contributed by atoms with Crippen molar-refractivity contribution in [3.63, 3.8) is 0 Å². The number of rotatable bonds is 7. The molecule has 1 aromatic heterocycles. The Bertz CT molecular complexity index is 323. The van der Waals surface area contributed by atoms with Gasteiger partial charge in [0.25, 0.3) is 0 Å². The van der Waals surface area contributed by atoms with E-state index >= 15 is 0 Å². The van der Waals surface area contributed by atoms with Gasteiger partial charge in [-0.15, -0.1) is 0 Å². The third-order valence-corrected chi connectivity index (χ3v) is 2.59. The maximum absolute atomic E-state index is 5.20. The van der Waals surface area contributed by atoms with E-state index in [0.717, 1.165) is 0 Å². The molecule has 1 aromatic rings. The van der Waals surface area contributed by atoms with Crippen LogP contribution >= 0.6 is 38.0 Å². The second kappa shape index (κ2) is 12.0. The number of hydrogen-bond donors (Lipinski definition) is 0. The van der Waals surface area contributed by atoms with Gasteiger partial charge in [0.15, 0.2) is 0 Å². The van der Waals surface area contributed by atoms with Gasteiger partial charge in [0.2, 0.25) is 6.33 Å². The van der Waals surface area contributed by atoms with E-state index in [9.17, 15) is 0 Å². The van der Waals surface area contributed by atoms with Gasteiger partial charge in [-0.25, -0.2) is 9.13 Å². The molecule has 19 heavy (non-hydrogen) atoms. The van der Waals surface area contributed by atoms with Crippen molar-refractivity contribution < 1.29 is 4.57 Å². The molecule has 1 rings (SSSR count). The molecule has 0 radical (unpaired) electrons. The van der Waals surface area contributed by atoms with Gasteiger partial charge in [0, 0.05) is 0 Å². The third-order valence-electron chi connectivity index (χ3n) is 2.59. The van der Waals surface area contributed by atoms with E-state index in [1.54, 1.807) is 0 Å². The summed E-state index contributed by atoms with van der Waals surface area (Å²) in [6, 6.07) is 0. The second-order valence-electron chi connectivity index (χ2n) is 4.58. The molecule has 0 N–H and O–H groups in total. The monoisotopic (exact) mass is 494 g/mol. The summed E-state index contributed by atoms with van der Waals surface area (Å²) in [6.45, 7) is 3.44. The summed E-state index contributed by atoms with van der Waals surface area (Å²) in [5, 5.41) is 0. The van der Waals surface area contributed by atoms with Gasteiger partial charge < -0.3 is 0 Å². The summed E-state index contributed by atoms with van der Waals surface area (Å²) in [5.74, 6) is 0. The Kier molecular flexibility index (Phi) is 12.9. The van der Waals surface area contributed by atoms with Crippen LogP contribution in [-0.2, 0) is 13.6 Å². The molecule has 0 saturated carbocycles. The fourth-order valence-electron chi connectivity index (χ4n) is 1.71. The molecule has 0 aliphatic heterocycles. The summed E-state index contributed by atoms with van der Waals surface area (Å²) in [7, 11) is 17.7. The summed E-state index contributed by atoms with van der Waals surface area (Å²) >= 11 is -0.140. The Morgan fingerprint density at radius 1 is 1.11 bits per heavy atom. The molecule has 0 aromatic carbocycles. The minimum absolute atomic E-state index is 1.17. The molecule has 0 aliphatic rings. The first-order valence-corrected chi connectivity index (χ1v) is 26.6. The fourth-order valence-corrected chi connectivity index (χ4v) is 1.71. The quantitative estimate of drug-likeness (QED) is 0.362. The van der Waals surface area contributed by atoms with Crippen LogP contribution in [0.15, 0.2) is 18.7 Å². The van der Waals surface area contributed by atoms with Crippen LogP contribution in [0, 0.1) is 0 Å². The number of aryl methyl sites for hydroxylation is 2. The molecular weight excluding hydrogens is 473 g/mol. The molecule has 0 amide bonds. The summed E-state index contributed by atoms with van der Waals surface area (Å²) in [6.07, 6.45) is 14.6. The number of imidazole rings is 1. The number of halogens is 4. The third kappa shape index (κ3) is 17.4. The molecule has 2 nitrogen and oxygen atoms in total. The van der Waals surface area contributed by atoms with Gasteiger partial charge in [0.05, 0.1) is 13.6 Å². The van der Waals surface area contributed by atoms with Crippen molar-refractivity contribution in [2.75, 3.05) is 0 Å². The second-order valence-corrected chi connectivity index (χ2v) is 44.9. The average Bonchev–Trinajstić information content (AvgIpc) is 2.67. The predicted octanol–water partition coefficient (Wildman–Crippen LogP) is 5.21. The van der Waals surface area contributed by atoms with Gasteiger partial charge in [-0.3, -0.25) is 0 Å². The van der Waals surface area contributed by atoms with Crippen molar-refractivity contribution >= 4 is 52.1 Å². The van der Waals surface area contributed by atoms with Crippen molar-refractivity contribution in [3.8, 4) is 0 Å². The Morgan fingerprint density at radius 3 is 2.11 bits per heavy atom. The topological polar surface area (TPSA) is 8.81 Å². The SMILES string of the molecule is CCCCCCCCn1cc[n+](C)c1.[Cl][In-]([Cl])([Cl])[Br]. The molecule has 0 atom stereocenters. The molecule has 0 aliphatic carbocycles. The van der Waals surface area contributed by atoms with E-state index in [4.69, 9.17) is 25.7 Å². The van der Waals surface area contributed by atoms with E-state index < -0.39 is 14.1 Å². The van der Waals surface area contributed by atoms with Crippen molar-refractivity contribution in [3.05, 3.63) is 18.7 Å². The van der Waals surface area contributed by atoms with Gasteiger partial charge in [0.1, 0.15) is 12.4 Å². The Labute approximate surface area is 138 Å². The van der Waals surface area contributed by atoms with Crippen LogP contribution in [0.25, 0.3) is 0 Å². The maximum atomic E-state index is 5.20. The summed E-state index contributed by atoms with van der Waals surface area (Å²) in [4.78, 5) is 0. The van der Waals surface area contributed by atoms with Gasteiger partial charge in [-0.1, -0.05) is 32.6 Å². The normalized spacial score (nSPS) is 11.1. The van der Waals surface area contributed by atoms with Crippen LogP contribution in [0.1, 0.15) is 45.4 Å². The van der Waals surface area contributed by atoms with Crippen LogP contribution in [0.2, 0.25) is 0 Å². The Hall–Kier alpha value is 1.43. The molecular formula is C12H23BrCl3InN2. The zero-order valence-corrected chi connectivity index (χ0v) is 18.8. The summed E-state index contributed by atoms with van der Waals surface area (Å²) < 4.78 is 4.36. The molecule has 0 fully saturated rings. The van der Waals surface area contributed by atoms with E-state index in [-0.39, 0.29) is 0 Å². The number of aromatic nitrogens is 2. The minimum atomic E-state index is -3.03.